The number of hydrogen-bond acceptors (Lipinski definition) is 1. The molecule has 2 nitrogen and oxygen atoms in total. The van der Waals surface area contributed by atoms with Crippen LogP contribution in [0.15, 0.2) is 6.20 Å². The number of carbonyl (C=O) groups is 1. The Morgan fingerprint density at radius 2 is 2.15 bits per heavy atom. The zero-order valence-electron chi connectivity index (χ0n) is 8.35. The lowest BCUT2D eigenvalue weighted by Crippen LogP contribution is -2.05. The first-order valence-electron chi connectivity index (χ1n) is 4.80. The quantitative estimate of drug-likeness (QED) is 0.691. The van der Waals surface area contributed by atoms with Crippen LogP contribution in [0.5, 0.6) is 0 Å². The minimum absolute atomic E-state index is 0.289. The van der Waals surface area contributed by atoms with Gasteiger partial charge in [0.1, 0.15) is 0 Å². The molecule has 2 heteroatoms. The van der Waals surface area contributed by atoms with Gasteiger partial charge in [0, 0.05) is 12.1 Å². The predicted octanol–water partition coefficient (Wildman–Crippen LogP) is 2.47. The Hall–Kier alpha value is -1.05. The Morgan fingerprint density at radius 1 is 1.54 bits per heavy atom. The van der Waals surface area contributed by atoms with Crippen molar-refractivity contribution < 1.29 is 4.79 Å². The Balaban J connectivity index is 2.25. The zero-order chi connectivity index (χ0) is 9.59. The molecule has 13 heavy (non-hydrogen) atoms. The minimum atomic E-state index is 0.289. The van der Waals surface area contributed by atoms with Gasteiger partial charge in [0.15, 0.2) is 5.78 Å². The van der Waals surface area contributed by atoms with Crippen molar-refractivity contribution in [1.82, 2.24) is 4.98 Å². The highest BCUT2D eigenvalue weighted by molar-refractivity contribution is 5.99. The fourth-order valence-corrected chi connectivity index (χ4v) is 1.72. The Labute approximate surface area is 78.4 Å². The number of H-pyrrole nitrogens is 1. The third kappa shape index (κ3) is 1.30. The lowest BCUT2D eigenvalue weighted by Gasteiger charge is -1.97. The average Bonchev–Trinajstić information content (AvgIpc) is 2.73. The second-order valence-electron chi connectivity index (χ2n) is 4.16. The van der Waals surface area contributed by atoms with Gasteiger partial charge in [-0.1, -0.05) is 6.92 Å². The molecule has 1 aliphatic carbocycles. The Bertz CT molecular complexity index is 351. The smallest absolute Gasteiger partial charge is 0.182 e. The molecule has 70 valence electrons. The molecule has 0 bridgehead atoms. The van der Waals surface area contributed by atoms with Gasteiger partial charge in [-0.2, -0.15) is 0 Å². The average molecular weight is 177 g/mol. The molecule has 0 aromatic carbocycles. The van der Waals surface area contributed by atoms with Crippen molar-refractivity contribution in [1.29, 1.82) is 0 Å². The molecule has 1 saturated carbocycles. The fraction of sp³-hybridized carbons (Fsp3) is 0.545. The van der Waals surface area contributed by atoms with Gasteiger partial charge in [0.05, 0.1) is 5.69 Å². The summed E-state index contributed by atoms with van der Waals surface area (Å²) in [5.41, 5.74) is 3.12. The van der Waals surface area contributed by atoms with Crippen LogP contribution in [0, 0.1) is 25.7 Å². The maximum Gasteiger partial charge on any atom is 0.182 e. The maximum atomic E-state index is 11.8. The van der Waals surface area contributed by atoms with Gasteiger partial charge < -0.3 is 4.98 Å². The molecular formula is C11H15NO. The number of hydrogen-bond donors (Lipinski definition) is 1. The normalized spacial score (nSPS) is 26.1. The number of Topliss-reactive ketones (excluding diaryl/α,β-unsaturated/α-hetero) is 1. The molecule has 1 fully saturated rings. The molecule has 1 N–H and O–H groups in total. The highest BCUT2D eigenvalue weighted by Gasteiger charge is 2.40. The maximum absolute atomic E-state index is 11.8. The van der Waals surface area contributed by atoms with Gasteiger partial charge in [0.25, 0.3) is 0 Å². The van der Waals surface area contributed by atoms with E-state index in [0.29, 0.717) is 11.7 Å². The van der Waals surface area contributed by atoms with E-state index in [0.717, 1.165) is 17.7 Å². The van der Waals surface area contributed by atoms with Crippen molar-refractivity contribution in [3.8, 4) is 0 Å². The summed E-state index contributed by atoms with van der Waals surface area (Å²) < 4.78 is 0. The summed E-state index contributed by atoms with van der Waals surface area (Å²) in [5, 5.41) is 0. The molecule has 0 radical (unpaired) electrons. The van der Waals surface area contributed by atoms with Gasteiger partial charge in [-0.05, 0) is 37.3 Å². The summed E-state index contributed by atoms with van der Waals surface area (Å²) in [5.74, 6) is 1.19. The second-order valence-corrected chi connectivity index (χ2v) is 4.16. The van der Waals surface area contributed by atoms with Crippen LogP contribution in [0.1, 0.15) is 35.0 Å². The summed E-state index contributed by atoms with van der Waals surface area (Å²) in [6, 6.07) is 0. The van der Waals surface area contributed by atoms with E-state index in [1.165, 1.54) is 5.56 Å². The van der Waals surface area contributed by atoms with Crippen LogP contribution in [-0.2, 0) is 0 Å². The summed E-state index contributed by atoms with van der Waals surface area (Å²) in [4.78, 5) is 14.9. The first-order valence-corrected chi connectivity index (χ1v) is 4.80. The molecule has 1 aromatic heterocycles. The van der Waals surface area contributed by atoms with E-state index < -0.39 is 0 Å². The molecule has 2 atom stereocenters. The van der Waals surface area contributed by atoms with Gasteiger partial charge in [0.2, 0.25) is 0 Å². The van der Waals surface area contributed by atoms with Crippen LogP contribution >= 0.6 is 0 Å². The Kier molecular flexibility index (Phi) is 1.79. The van der Waals surface area contributed by atoms with Crippen LogP contribution in [-0.4, -0.2) is 10.8 Å². The van der Waals surface area contributed by atoms with Crippen molar-refractivity contribution in [2.24, 2.45) is 11.8 Å². The number of ketones is 1. The third-order valence-corrected chi connectivity index (χ3v) is 3.09. The molecule has 2 rings (SSSR count). The van der Waals surface area contributed by atoms with Crippen LogP contribution in [0.3, 0.4) is 0 Å². The van der Waals surface area contributed by atoms with E-state index in [9.17, 15) is 4.79 Å². The molecular weight excluding hydrogens is 162 g/mol. The predicted molar refractivity (Wildman–Crippen MR) is 51.9 cm³/mol. The van der Waals surface area contributed by atoms with Crippen molar-refractivity contribution >= 4 is 5.78 Å². The molecule has 0 spiro atoms. The minimum Gasteiger partial charge on any atom is -0.358 e. The first kappa shape index (κ1) is 8.54. The van der Waals surface area contributed by atoms with Crippen molar-refractivity contribution in [3.05, 3.63) is 23.0 Å². The summed E-state index contributed by atoms with van der Waals surface area (Å²) in [6.45, 7) is 6.17. The summed E-state index contributed by atoms with van der Waals surface area (Å²) in [7, 11) is 0. The standard InChI is InChI=1S/C11H15NO/c1-6-4-9(6)11(13)10-8(3)7(2)5-12-10/h5-6,9,12H,4H2,1-3H3. The number of aromatic nitrogens is 1. The van der Waals surface area contributed by atoms with Crippen molar-refractivity contribution in [3.63, 3.8) is 0 Å². The van der Waals surface area contributed by atoms with Crippen molar-refractivity contribution in [2.45, 2.75) is 27.2 Å². The Morgan fingerprint density at radius 3 is 2.54 bits per heavy atom. The van der Waals surface area contributed by atoms with E-state index in [1.54, 1.807) is 0 Å². The number of rotatable bonds is 2. The molecule has 2 unspecified atom stereocenters. The second kappa shape index (κ2) is 2.72. The molecule has 0 saturated heterocycles. The monoisotopic (exact) mass is 177 g/mol. The van der Waals surface area contributed by atoms with Gasteiger partial charge in [-0.15, -0.1) is 0 Å². The highest BCUT2D eigenvalue weighted by Crippen LogP contribution is 2.40. The van der Waals surface area contributed by atoms with E-state index >= 15 is 0 Å². The van der Waals surface area contributed by atoms with Crippen LogP contribution in [0.4, 0.5) is 0 Å². The zero-order valence-corrected chi connectivity index (χ0v) is 8.35. The highest BCUT2D eigenvalue weighted by atomic mass is 16.1. The number of nitrogens with one attached hydrogen (secondary N) is 1. The summed E-state index contributed by atoms with van der Waals surface area (Å²) >= 11 is 0. The molecule has 0 aliphatic heterocycles. The van der Waals surface area contributed by atoms with Gasteiger partial charge >= 0.3 is 0 Å². The summed E-state index contributed by atoms with van der Waals surface area (Å²) in [6.07, 6.45) is 2.98. The number of aromatic amines is 1. The number of aryl methyl sites for hydroxylation is 1. The van der Waals surface area contributed by atoms with E-state index in [2.05, 4.69) is 11.9 Å². The van der Waals surface area contributed by atoms with E-state index in [4.69, 9.17) is 0 Å². The van der Waals surface area contributed by atoms with E-state index in [1.807, 2.05) is 20.0 Å². The fourth-order valence-electron chi connectivity index (χ4n) is 1.72. The topological polar surface area (TPSA) is 32.9 Å². The SMILES string of the molecule is Cc1c[nH]c(C(=O)C2CC2C)c1C. The number of carbonyl (C=O) groups excluding carboxylic acids is 1. The largest absolute Gasteiger partial charge is 0.358 e. The van der Waals surface area contributed by atoms with Crippen LogP contribution < -0.4 is 0 Å². The van der Waals surface area contributed by atoms with Crippen LogP contribution in [0.25, 0.3) is 0 Å². The lowest BCUT2D eigenvalue weighted by molar-refractivity contribution is 0.0957. The van der Waals surface area contributed by atoms with Gasteiger partial charge in [-0.3, -0.25) is 4.79 Å². The first-order chi connectivity index (χ1) is 6.11. The van der Waals surface area contributed by atoms with Crippen LogP contribution in [0.2, 0.25) is 0 Å². The molecule has 1 heterocycles. The lowest BCUT2D eigenvalue weighted by atomic mass is 10.1. The van der Waals surface area contributed by atoms with E-state index in [-0.39, 0.29) is 5.92 Å². The third-order valence-electron chi connectivity index (χ3n) is 3.09. The van der Waals surface area contributed by atoms with Crippen molar-refractivity contribution in [2.75, 3.05) is 0 Å². The molecule has 1 aliphatic rings. The molecule has 1 aromatic rings. The molecule has 0 amide bonds. The van der Waals surface area contributed by atoms with Gasteiger partial charge in [-0.25, -0.2) is 0 Å².